The Balaban J connectivity index is 1.69. The van der Waals surface area contributed by atoms with Gasteiger partial charge >= 0.3 is 0 Å². The molecule has 0 spiro atoms. The summed E-state index contributed by atoms with van der Waals surface area (Å²) in [6.07, 6.45) is 10.4. The largest absolute Gasteiger partial charge is 0.296 e. The van der Waals surface area contributed by atoms with Crippen LogP contribution in [0.5, 0.6) is 0 Å². The Kier molecular flexibility index (Phi) is 3.68. The van der Waals surface area contributed by atoms with Gasteiger partial charge in [-0.05, 0) is 44.6 Å². The minimum Gasteiger partial charge on any atom is -0.296 e. The van der Waals surface area contributed by atoms with E-state index in [4.69, 9.17) is 0 Å². The van der Waals surface area contributed by atoms with Crippen LogP contribution in [0.3, 0.4) is 0 Å². The topological polar surface area (TPSA) is 3.24 Å². The average molecular weight is 278 g/mol. The van der Waals surface area contributed by atoms with Gasteiger partial charge < -0.3 is 0 Å². The van der Waals surface area contributed by atoms with Gasteiger partial charge in [0.1, 0.15) is 0 Å². The molecule has 1 nitrogen and oxygen atoms in total. The Morgan fingerprint density at radius 1 is 1.05 bits per heavy atom. The van der Waals surface area contributed by atoms with E-state index < -0.39 is 8.07 Å². The first-order valence-electron chi connectivity index (χ1n) is 8.39. The van der Waals surface area contributed by atoms with E-state index in [1.54, 1.807) is 5.57 Å². The number of likely N-dealkylation sites (tertiary alicyclic amines) is 1. The molecule has 3 rings (SSSR count). The highest BCUT2D eigenvalue weighted by Crippen LogP contribution is 2.50. The molecule has 0 amide bonds. The lowest BCUT2D eigenvalue weighted by molar-refractivity contribution is 0.152. The molecular formula is C17H31NSi. The van der Waals surface area contributed by atoms with Gasteiger partial charge in [-0.15, -0.1) is 0 Å². The zero-order chi connectivity index (χ0) is 13.6. The second-order valence-electron chi connectivity index (χ2n) is 8.36. The zero-order valence-electron chi connectivity index (χ0n) is 13.3. The SMILES string of the molecule is CN1[C@@H](C2CCCCC2)C[C@H]2C/C(=C/[Si](C)(C)C)[C@@H]21. The molecule has 0 N–H and O–H groups in total. The van der Waals surface area contributed by atoms with E-state index in [1.807, 2.05) is 0 Å². The Morgan fingerprint density at radius 2 is 1.74 bits per heavy atom. The monoisotopic (exact) mass is 277 g/mol. The molecule has 0 unspecified atom stereocenters. The third-order valence-corrected chi connectivity index (χ3v) is 6.88. The summed E-state index contributed by atoms with van der Waals surface area (Å²) in [5.74, 6) is 2.01. The van der Waals surface area contributed by atoms with Crippen LogP contribution in [0.15, 0.2) is 11.3 Å². The van der Waals surface area contributed by atoms with Gasteiger partial charge in [0.2, 0.25) is 0 Å². The van der Waals surface area contributed by atoms with Crippen LogP contribution >= 0.6 is 0 Å². The van der Waals surface area contributed by atoms with Crippen molar-refractivity contribution >= 4 is 8.07 Å². The molecule has 108 valence electrons. The molecule has 3 aliphatic rings. The Morgan fingerprint density at radius 3 is 2.37 bits per heavy atom. The van der Waals surface area contributed by atoms with Gasteiger partial charge in [-0.1, -0.05) is 50.2 Å². The van der Waals surface area contributed by atoms with E-state index in [-0.39, 0.29) is 0 Å². The molecule has 1 heterocycles. The fourth-order valence-electron chi connectivity index (χ4n) is 4.91. The van der Waals surface area contributed by atoms with Crippen LogP contribution in [-0.4, -0.2) is 32.1 Å². The van der Waals surface area contributed by atoms with Crippen molar-refractivity contribution in [3.63, 3.8) is 0 Å². The van der Waals surface area contributed by atoms with E-state index >= 15 is 0 Å². The minimum absolute atomic E-state index is 0.832. The molecule has 0 aromatic carbocycles. The summed E-state index contributed by atoms with van der Waals surface area (Å²) in [5, 5.41) is 0. The highest BCUT2D eigenvalue weighted by Gasteiger charge is 2.49. The van der Waals surface area contributed by atoms with Crippen molar-refractivity contribution in [2.45, 2.75) is 76.7 Å². The highest BCUT2D eigenvalue weighted by molar-refractivity contribution is 6.81. The van der Waals surface area contributed by atoms with Crippen LogP contribution in [0.1, 0.15) is 44.9 Å². The number of hydrogen-bond donors (Lipinski definition) is 0. The van der Waals surface area contributed by atoms with Crippen LogP contribution in [0, 0.1) is 11.8 Å². The lowest BCUT2D eigenvalue weighted by atomic mass is 9.75. The van der Waals surface area contributed by atoms with E-state index in [0.717, 1.165) is 23.9 Å². The van der Waals surface area contributed by atoms with Crippen molar-refractivity contribution in [1.29, 1.82) is 0 Å². The summed E-state index contributed by atoms with van der Waals surface area (Å²) in [4.78, 5) is 2.77. The fraction of sp³-hybridized carbons (Fsp3) is 0.882. The van der Waals surface area contributed by atoms with E-state index in [0.29, 0.717) is 0 Å². The van der Waals surface area contributed by atoms with Crippen molar-refractivity contribution in [3.05, 3.63) is 11.3 Å². The predicted molar refractivity (Wildman–Crippen MR) is 86.1 cm³/mol. The average Bonchev–Trinajstić information content (AvgIpc) is 2.57. The maximum absolute atomic E-state index is 2.77. The number of likely N-dealkylation sites (N-methyl/N-ethyl adjacent to an activating group) is 1. The van der Waals surface area contributed by atoms with Crippen molar-refractivity contribution in [2.24, 2.45) is 11.8 Å². The van der Waals surface area contributed by atoms with Crippen LogP contribution < -0.4 is 0 Å². The molecule has 3 atom stereocenters. The maximum Gasteiger partial charge on any atom is 0.0687 e. The molecule has 2 saturated carbocycles. The van der Waals surface area contributed by atoms with Gasteiger partial charge in [-0.2, -0.15) is 0 Å². The van der Waals surface area contributed by atoms with Gasteiger partial charge in [0.05, 0.1) is 8.07 Å². The molecule has 19 heavy (non-hydrogen) atoms. The van der Waals surface area contributed by atoms with Crippen LogP contribution in [0.25, 0.3) is 0 Å². The van der Waals surface area contributed by atoms with Crippen molar-refractivity contribution in [3.8, 4) is 0 Å². The second-order valence-corrected chi connectivity index (χ2v) is 13.4. The quantitative estimate of drug-likeness (QED) is 0.673. The molecule has 2 heteroatoms. The van der Waals surface area contributed by atoms with Crippen molar-refractivity contribution in [1.82, 2.24) is 4.90 Å². The highest BCUT2D eigenvalue weighted by atomic mass is 28.3. The zero-order valence-corrected chi connectivity index (χ0v) is 14.3. The Labute approximate surface area is 120 Å². The van der Waals surface area contributed by atoms with Crippen LogP contribution in [0.2, 0.25) is 19.6 Å². The molecular weight excluding hydrogens is 246 g/mol. The molecule has 0 radical (unpaired) electrons. The first kappa shape index (κ1) is 13.9. The fourth-order valence-corrected chi connectivity index (χ4v) is 6.31. The Bertz CT molecular complexity index is 362. The molecule has 0 aromatic rings. The van der Waals surface area contributed by atoms with Gasteiger partial charge in [-0.25, -0.2) is 0 Å². The normalized spacial score (nSPS) is 39.4. The van der Waals surface area contributed by atoms with Gasteiger partial charge in [0.15, 0.2) is 0 Å². The van der Waals surface area contributed by atoms with Crippen molar-refractivity contribution in [2.75, 3.05) is 7.05 Å². The number of rotatable bonds is 2. The third-order valence-electron chi connectivity index (χ3n) is 5.64. The summed E-state index contributed by atoms with van der Waals surface area (Å²) in [6, 6.07) is 1.74. The molecule has 2 aliphatic carbocycles. The maximum atomic E-state index is 2.77. The van der Waals surface area contributed by atoms with Crippen LogP contribution in [-0.2, 0) is 0 Å². The standard InChI is InChI=1S/C17H31NSi/c1-18-16(13-8-6-5-7-9-13)11-14-10-15(17(14)18)12-19(2,3)4/h12-14,16-17H,5-11H2,1-4H3/b15-12-/t14-,16-,17-/m1/s1. The number of nitrogens with zero attached hydrogens (tertiary/aromatic N) is 1. The summed E-state index contributed by atoms with van der Waals surface area (Å²) in [5.41, 5.74) is 4.48. The lowest BCUT2D eigenvalue weighted by Gasteiger charge is -2.41. The molecule has 3 fully saturated rings. The smallest absolute Gasteiger partial charge is 0.0687 e. The number of fused-ring (bicyclic) bond motifs is 1. The van der Waals surface area contributed by atoms with E-state index in [9.17, 15) is 0 Å². The molecule has 1 aliphatic heterocycles. The van der Waals surface area contributed by atoms with Crippen molar-refractivity contribution < 1.29 is 0 Å². The summed E-state index contributed by atoms with van der Waals surface area (Å²) < 4.78 is 0. The summed E-state index contributed by atoms with van der Waals surface area (Å²) >= 11 is 0. The third kappa shape index (κ3) is 2.71. The summed E-state index contributed by atoms with van der Waals surface area (Å²) in [6.45, 7) is 7.42. The minimum atomic E-state index is -1.03. The van der Waals surface area contributed by atoms with Gasteiger partial charge in [0.25, 0.3) is 0 Å². The van der Waals surface area contributed by atoms with Crippen LogP contribution in [0.4, 0.5) is 0 Å². The van der Waals surface area contributed by atoms with Gasteiger partial charge in [0, 0.05) is 12.1 Å². The van der Waals surface area contributed by atoms with E-state index in [2.05, 4.69) is 37.3 Å². The lowest BCUT2D eigenvalue weighted by Crippen LogP contribution is -2.44. The second kappa shape index (κ2) is 5.03. The molecule has 0 bridgehead atoms. The molecule has 0 aromatic heterocycles. The van der Waals surface area contributed by atoms with Gasteiger partial charge in [-0.3, -0.25) is 4.90 Å². The van der Waals surface area contributed by atoms with E-state index in [1.165, 1.54) is 44.9 Å². The summed E-state index contributed by atoms with van der Waals surface area (Å²) in [7, 11) is 1.39. The molecule has 1 saturated heterocycles. The first-order chi connectivity index (χ1) is 8.96. The predicted octanol–water partition coefficient (Wildman–Crippen LogP) is 4.46. The first-order valence-corrected chi connectivity index (χ1v) is 12.0. The number of hydrogen-bond acceptors (Lipinski definition) is 1. The Hall–Kier alpha value is -0.0831.